The highest BCUT2D eigenvalue weighted by Crippen LogP contribution is 2.55. The maximum atomic E-state index is 5.39. The minimum Gasteiger partial charge on any atom is -0.481 e. The van der Waals surface area contributed by atoms with E-state index in [-0.39, 0.29) is 0 Å². The molecule has 5 heteroatoms. The van der Waals surface area contributed by atoms with Crippen LogP contribution in [-0.2, 0) is 6.54 Å². The maximum absolute atomic E-state index is 5.39. The van der Waals surface area contributed by atoms with Gasteiger partial charge >= 0.3 is 6.01 Å². The first-order valence-electron chi connectivity index (χ1n) is 8.38. The Hall–Kier alpha value is -1.36. The zero-order valence-corrected chi connectivity index (χ0v) is 13.5. The van der Waals surface area contributed by atoms with Crippen LogP contribution in [0.3, 0.4) is 0 Å². The highest BCUT2D eigenvalue weighted by molar-refractivity contribution is 5.25. The fraction of sp³-hybridized carbons (Fsp3) is 0.765. The molecule has 120 valence electrons. The predicted octanol–water partition coefficient (Wildman–Crippen LogP) is 2.55. The van der Waals surface area contributed by atoms with Gasteiger partial charge in [0.1, 0.15) is 0 Å². The second-order valence-corrected chi connectivity index (χ2v) is 7.44. The van der Waals surface area contributed by atoms with E-state index in [1.165, 1.54) is 38.5 Å². The number of hydrogen-bond acceptors (Lipinski definition) is 5. The Bertz CT molecular complexity index is 526. The Morgan fingerprint density at radius 3 is 2.27 bits per heavy atom. The number of ether oxygens (including phenoxy) is 2. The molecule has 0 amide bonds. The van der Waals surface area contributed by atoms with Crippen molar-refractivity contribution >= 4 is 0 Å². The number of methoxy groups -OCH3 is 2. The largest absolute Gasteiger partial charge is 0.481 e. The molecule has 0 spiro atoms. The second kappa shape index (κ2) is 5.37. The van der Waals surface area contributed by atoms with E-state index in [4.69, 9.17) is 9.47 Å². The molecule has 1 N–H and O–H groups in total. The standard InChI is InChI=1S/C17H25N3O2/c1-21-15-14(9-18-16(20-15)22-2)10-19-17-6-11-3-12(7-17)5-13(4-11)8-17/h9,11-13,19H,3-8,10H2,1-2H3. The van der Waals surface area contributed by atoms with Gasteiger partial charge in [-0.15, -0.1) is 0 Å². The van der Waals surface area contributed by atoms with E-state index in [2.05, 4.69) is 15.3 Å². The molecule has 1 aromatic rings. The van der Waals surface area contributed by atoms with E-state index in [1.54, 1.807) is 14.2 Å². The molecule has 5 nitrogen and oxygen atoms in total. The molecule has 1 aromatic heterocycles. The zero-order valence-electron chi connectivity index (χ0n) is 13.5. The van der Waals surface area contributed by atoms with Gasteiger partial charge in [-0.3, -0.25) is 0 Å². The van der Waals surface area contributed by atoms with Crippen molar-refractivity contribution in [3.8, 4) is 11.9 Å². The third-order valence-corrected chi connectivity index (χ3v) is 5.87. The SMILES string of the molecule is COc1ncc(CNC23CC4CC(CC(C4)C2)C3)c(OC)n1. The first-order valence-corrected chi connectivity index (χ1v) is 8.38. The van der Waals surface area contributed by atoms with Crippen LogP contribution < -0.4 is 14.8 Å². The van der Waals surface area contributed by atoms with Gasteiger partial charge in [0.25, 0.3) is 0 Å². The van der Waals surface area contributed by atoms with Crippen LogP contribution >= 0.6 is 0 Å². The van der Waals surface area contributed by atoms with E-state index in [0.717, 1.165) is 29.9 Å². The Labute approximate surface area is 131 Å². The molecule has 0 aromatic carbocycles. The summed E-state index contributed by atoms with van der Waals surface area (Å²) < 4.78 is 10.5. The van der Waals surface area contributed by atoms with Gasteiger partial charge in [-0.05, 0) is 56.3 Å². The summed E-state index contributed by atoms with van der Waals surface area (Å²) >= 11 is 0. The van der Waals surface area contributed by atoms with Crippen molar-refractivity contribution in [2.75, 3.05) is 14.2 Å². The summed E-state index contributed by atoms with van der Waals surface area (Å²) in [4.78, 5) is 8.50. The van der Waals surface area contributed by atoms with Gasteiger partial charge in [0.15, 0.2) is 0 Å². The number of rotatable bonds is 5. The van der Waals surface area contributed by atoms with E-state index >= 15 is 0 Å². The maximum Gasteiger partial charge on any atom is 0.319 e. The number of hydrogen-bond donors (Lipinski definition) is 1. The van der Waals surface area contributed by atoms with Crippen LogP contribution in [0.25, 0.3) is 0 Å². The molecular formula is C17H25N3O2. The van der Waals surface area contributed by atoms with E-state index in [1.807, 2.05) is 6.20 Å². The first kappa shape index (κ1) is 14.2. The molecule has 0 aliphatic heterocycles. The molecule has 4 fully saturated rings. The number of nitrogens with zero attached hydrogens (tertiary/aromatic N) is 2. The van der Waals surface area contributed by atoms with Crippen LogP contribution in [0.2, 0.25) is 0 Å². The van der Waals surface area contributed by atoms with Crippen molar-refractivity contribution in [1.82, 2.24) is 15.3 Å². The van der Waals surface area contributed by atoms with Crippen LogP contribution in [0.15, 0.2) is 6.20 Å². The van der Waals surface area contributed by atoms with Gasteiger partial charge in [-0.25, -0.2) is 4.98 Å². The van der Waals surface area contributed by atoms with Crippen molar-refractivity contribution in [1.29, 1.82) is 0 Å². The zero-order chi connectivity index (χ0) is 15.2. The molecule has 4 saturated carbocycles. The Balaban J connectivity index is 1.48. The summed E-state index contributed by atoms with van der Waals surface area (Å²) in [7, 11) is 3.22. The molecule has 5 rings (SSSR count). The van der Waals surface area contributed by atoms with Gasteiger partial charge in [0.2, 0.25) is 5.88 Å². The van der Waals surface area contributed by atoms with Crippen molar-refractivity contribution in [3.05, 3.63) is 11.8 Å². The van der Waals surface area contributed by atoms with Crippen molar-refractivity contribution in [2.45, 2.75) is 50.6 Å². The van der Waals surface area contributed by atoms with Crippen molar-refractivity contribution in [2.24, 2.45) is 17.8 Å². The molecule has 4 bridgehead atoms. The van der Waals surface area contributed by atoms with Gasteiger partial charge in [0, 0.05) is 23.8 Å². The third kappa shape index (κ3) is 2.45. The average molecular weight is 303 g/mol. The molecule has 22 heavy (non-hydrogen) atoms. The van der Waals surface area contributed by atoms with Crippen LogP contribution in [0, 0.1) is 17.8 Å². The van der Waals surface area contributed by atoms with E-state index in [9.17, 15) is 0 Å². The smallest absolute Gasteiger partial charge is 0.319 e. The highest BCUT2D eigenvalue weighted by atomic mass is 16.5. The summed E-state index contributed by atoms with van der Waals surface area (Å²) in [5.74, 6) is 3.47. The molecule has 0 atom stereocenters. The fourth-order valence-corrected chi connectivity index (χ4v) is 5.38. The van der Waals surface area contributed by atoms with Crippen molar-refractivity contribution < 1.29 is 9.47 Å². The summed E-state index contributed by atoms with van der Waals surface area (Å²) in [5, 5.41) is 3.85. The number of aromatic nitrogens is 2. The van der Waals surface area contributed by atoms with Gasteiger partial charge in [-0.2, -0.15) is 4.98 Å². The average Bonchev–Trinajstić information content (AvgIpc) is 2.51. The summed E-state index contributed by atoms with van der Waals surface area (Å²) in [6.07, 6.45) is 10.3. The topological polar surface area (TPSA) is 56.3 Å². The van der Waals surface area contributed by atoms with Crippen LogP contribution in [0.5, 0.6) is 11.9 Å². The Morgan fingerprint density at radius 2 is 1.73 bits per heavy atom. The fourth-order valence-electron chi connectivity index (χ4n) is 5.38. The second-order valence-electron chi connectivity index (χ2n) is 7.44. The van der Waals surface area contributed by atoms with Gasteiger partial charge < -0.3 is 14.8 Å². The third-order valence-electron chi connectivity index (χ3n) is 5.87. The normalized spacial score (nSPS) is 35.6. The minimum absolute atomic E-state index is 0.347. The minimum atomic E-state index is 0.347. The van der Waals surface area contributed by atoms with Crippen molar-refractivity contribution in [3.63, 3.8) is 0 Å². The van der Waals surface area contributed by atoms with E-state index in [0.29, 0.717) is 17.4 Å². The summed E-state index contributed by atoms with van der Waals surface area (Å²) in [6.45, 7) is 0.777. The van der Waals surface area contributed by atoms with Gasteiger partial charge in [0.05, 0.1) is 14.2 Å². The lowest BCUT2D eigenvalue weighted by molar-refractivity contribution is -0.0206. The number of nitrogens with one attached hydrogen (secondary N) is 1. The summed E-state index contributed by atoms with van der Waals surface area (Å²) in [6, 6.07) is 0.357. The summed E-state index contributed by atoms with van der Waals surface area (Å²) in [5.41, 5.74) is 1.36. The lowest BCUT2D eigenvalue weighted by Crippen LogP contribution is -2.58. The first-order chi connectivity index (χ1) is 10.7. The molecule has 4 aliphatic carbocycles. The van der Waals surface area contributed by atoms with Gasteiger partial charge in [-0.1, -0.05) is 0 Å². The van der Waals surface area contributed by atoms with Crippen LogP contribution in [0.1, 0.15) is 44.1 Å². The molecule has 0 unspecified atom stereocenters. The molecule has 4 aliphatic rings. The van der Waals surface area contributed by atoms with Crippen LogP contribution in [-0.4, -0.2) is 29.7 Å². The Kier molecular flexibility index (Phi) is 3.48. The molecule has 0 radical (unpaired) electrons. The van der Waals surface area contributed by atoms with E-state index < -0.39 is 0 Å². The monoisotopic (exact) mass is 303 g/mol. The molecule has 0 saturated heterocycles. The lowest BCUT2D eigenvalue weighted by Gasteiger charge is -2.57. The molecule has 1 heterocycles. The quantitative estimate of drug-likeness (QED) is 0.906. The lowest BCUT2D eigenvalue weighted by atomic mass is 9.53. The Morgan fingerprint density at radius 1 is 1.09 bits per heavy atom. The molecular weight excluding hydrogens is 278 g/mol. The van der Waals surface area contributed by atoms with Crippen LogP contribution in [0.4, 0.5) is 0 Å². The predicted molar refractivity (Wildman–Crippen MR) is 82.9 cm³/mol. The highest BCUT2D eigenvalue weighted by Gasteiger charge is 2.50.